The van der Waals surface area contributed by atoms with Gasteiger partial charge >= 0.3 is 0 Å². The van der Waals surface area contributed by atoms with Gasteiger partial charge in [-0.05, 0) is 63.3 Å². The predicted molar refractivity (Wildman–Crippen MR) is 126 cm³/mol. The van der Waals surface area contributed by atoms with E-state index in [0.717, 1.165) is 16.8 Å². The third-order valence-electron chi connectivity index (χ3n) is 6.31. The van der Waals surface area contributed by atoms with E-state index < -0.39 is 22.0 Å². The summed E-state index contributed by atoms with van der Waals surface area (Å²) >= 11 is 0. The number of aryl methyl sites for hydroxylation is 3. The van der Waals surface area contributed by atoms with Crippen molar-refractivity contribution in [2.24, 2.45) is 5.92 Å². The average Bonchev–Trinajstić information content (AvgIpc) is 2.77. The fourth-order valence-electron chi connectivity index (χ4n) is 4.37. The van der Waals surface area contributed by atoms with Crippen molar-refractivity contribution in [3.8, 4) is 5.75 Å². The molecule has 9 heteroatoms. The van der Waals surface area contributed by atoms with Gasteiger partial charge in [-0.25, -0.2) is 8.42 Å². The van der Waals surface area contributed by atoms with Crippen molar-refractivity contribution < 1.29 is 22.7 Å². The number of fused-ring (bicyclic) bond motifs is 1. The minimum atomic E-state index is -3.85. The van der Waals surface area contributed by atoms with Crippen LogP contribution in [0.4, 0.5) is 11.4 Å². The predicted octanol–water partition coefficient (Wildman–Crippen LogP) is 3.37. The van der Waals surface area contributed by atoms with E-state index in [1.807, 2.05) is 32.0 Å². The highest BCUT2D eigenvalue weighted by Crippen LogP contribution is 2.36. The van der Waals surface area contributed by atoms with Crippen molar-refractivity contribution in [2.75, 3.05) is 23.7 Å². The van der Waals surface area contributed by atoms with E-state index in [1.54, 1.807) is 19.9 Å². The standard InChI is InChI=1S/C24H29N3O5S/c1-14-7-5-8-15(2)22(14)26-24(29)18-9-6-10-27(13-18)33(30,31)21-12-20-19(11-16(21)3)25-23(28)17(4)32-20/h5,7-8,11-12,17-18H,6,9-10,13H2,1-4H3,(H,25,28)(H,26,29)/t17-,18-/m0/s1. The fraction of sp³-hybridized carbons (Fsp3) is 0.417. The quantitative estimate of drug-likeness (QED) is 0.711. The lowest BCUT2D eigenvalue weighted by Gasteiger charge is -2.32. The number of amides is 2. The number of benzene rings is 2. The first kappa shape index (κ1) is 23.3. The SMILES string of the molecule is Cc1cc2c(cc1S(=O)(=O)N1CCC[C@H](C(=O)Nc3c(C)cccc3C)C1)O[C@@H](C)C(=O)N2. The van der Waals surface area contributed by atoms with Crippen LogP contribution in [0.25, 0.3) is 0 Å². The lowest BCUT2D eigenvalue weighted by Crippen LogP contribution is -2.44. The second-order valence-corrected chi connectivity index (χ2v) is 10.7. The second kappa shape index (κ2) is 8.79. The summed E-state index contributed by atoms with van der Waals surface area (Å²) < 4.78 is 34.0. The number of anilines is 2. The molecule has 2 amide bonds. The van der Waals surface area contributed by atoms with Crippen LogP contribution >= 0.6 is 0 Å². The molecule has 2 atom stereocenters. The zero-order valence-corrected chi connectivity index (χ0v) is 20.1. The molecule has 2 aromatic rings. The number of sulfonamides is 1. The molecule has 33 heavy (non-hydrogen) atoms. The number of carbonyl (C=O) groups excluding carboxylic acids is 2. The van der Waals surface area contributed by atoms with E-state index >= 15 is 0 Å². The summed E-state index contributed by atoms with van der Waals surface area (Å²) in [5, 5.41) is 5.74. The minimum Gasteiger partial charge on any atom is -0.479 e. The summed E-state index contributed by atoms with van der Waals surface area (Å²) in [6, 6.07) is 8.89. The molecule has 2 aromatic carbocycles. The van der Waals surface area contributed by atoms with E-state index in [0.29, 0.717) is 36.4 Å². The molecule has 0 radical (unpaired) electrons. The van der Waals surface area contributed by atoms with Gasteiger partial charge in [0.2, 0.25) is 15.9 Å². The normalized spacial score (nSPS) is 21.0. The maximum atomic E-state index is 13.5. The summed E-state index contributed by atoms with van der Waals surface area (Å²) in [4.78, 5) is 25.0. The molecule has 2 heterocycles. The van der Waals surface area contributed by atoms with Crippen LogP contribution in [0.3, 0.4) is 0 Å². The second-order valence-electron chi connectivity index (χ2n) is 8.82. The van der Waals surface area contributed by atoms with Gasteiger partial charge in [0.05, 0.1) is 16.5 Å². The lowest BCUT2D eigenvalue weighted by molar-refractivity contribution is -0.123. The maximum Gasteiger partial charge on any atom is 0.265 e. The molecule has 0 unspecified atom stereocenters. The average molecular weight is 472 g/mol. The molecular formula is C24H29N3O5S. The Kier molecular flexibility index (Phi) is 6.20. The molecule has 0 aromatic heterocycles. The molecule has 8 nitrogen and oxygen atoms in total. The number of hydrogen-bond donors (Lipinski definition) is 2. The van der Waals surface area contributed by atoms with Crippen molar-refractivity contribution in [1.82, 2.24) is 4.31 Å². The topological polar surface area (TPSA) is 105 Å². The zero-order valence-electron chi connectivity index (χ0n) is 19.3. The van der Waals surface area contributed by atoms with E-state index in [9.17, 15) is 18.0 Å². The van der Waals surface area contributed by atoms with Crippen molar-refractivity contribution >= 4 is 33.2 Å². The Morgan fingerprint density at radius 2 is 1.85 bits per heavy atom. The van der Waals surface area contributed by atoms with Gasteiger partial charge in [0, 0.05) is 24.8 Å². The lowest BCUT2D eigenvalue weighted by atomic mass is 9.98. The van der Waals surface area contributed by atoms with Crippen LogP contribution in [0.5, 0.6) is 5.75 Å². The van der Waals surface area contributed by atoms with Gasteiger partial charge in [0.1, 0.15) is 5.75 Å². The molecule has 0 spiro atoms. The van der Waals surface area contributed by atoms with Crippen LogP contribution in [-0.2, 0) is 19.6 Å². The summed E-state index contributed by atoms with van der Waals surface area (Å²) in [7, 11) is -3.85. The van der Waals surface area contributed by atoms with Crippen molar-refractivity contribution in [3.63, 3.8) is 0 Å². The Morgan fingerprint density at radius 3 is 2.55 bits per heavy atom. The van der Waals surface area contributed by atoms with Crippen LogP contribution in [0, 0.1) is 26.7 Å². The molecule has 2 aliphatic heterocycles. The number of nitrogens with one attached hydrogen (secondary N) is 2. The first-order chi connectivity index (χ1) is 15.6. The van der Waals surface area contributed by atoms with Gasteiger partial charge in [-0.1, -0.05) is 18.2 Å². The van der Waals surface area contributed by atoms with E-state index in [4.69, 9.17) is 4.74 Å². The third kappa shape index (κ3) is 4.47. The smallest absolute Gasteiger partial charge is 0.265 e. The Balaban J connectivity index is 1.56. The highest BCUT2D eigenvalue weighted by atomic mass is 32.2. The summed E-state index contributed by atoms with van der Waals surface area (Å²) in [5.74, 6) is -0.561. The van der Waals surface area contributed by atoms with E-state index in [1.165, 1.54) is 10.4 Å². The Labute approximate surface area is 194 Å². The minimum absolute atomic E-state index is 0.115. The molecule has 1 fully saturated rings. The fourth-order valence-corrected chi connectivity index (χ4v) is 6.12. The molecule has 2 aliphatic rings. The van der Waals surface area contributed by atoms with Gasteiger partial charge in [-0.3, -0.25) is 9.59 Å². The molecule has 176 valence electrons. The number of para-hydroxylation sites is 1. The third-order valence-corrected chi connectivity index (χ3v) is 8.32. The monoisotopic (exact) mass is 471 g/mol. The molecule has 1 saturated heterocycles. The van der Waals surface area contributed by atoms with E-state index in [2.05, 4.69) is 10.6 Å². The number of carbonyl (C=O) groups is 2. The number of hydrogen-bond acceptors (Lipinski definition) is 5. The highest BCUT2D eigenvalue weighted by molar-refractivity contribution is 7.89. The first-order valence-electron chi connectivity index (χ1n) is 11.1. The molecule has 0 aliphatic carbocycles. The Morgan fingerprint density at radius 1 is 1.15 bits per heavy atom. The molecule has 0 saturated carbocycles. The first-order valence-corrected chi connectivity index (χ1v) is 12.5. The van der Waals surface area contributed by atoms with Crippen LogP contribution in [0.1, 0.15) is 36.5 Å². The van der Waals surface area contributed by atoms with Crippen molar-refractivity contribution in [3.05, 3.63) is 47.0 Å². The molecule has 4 rings (SSSR count). The maximum absolute atomic E-state index is 13.5. The number of ether oxygens (including phenoxy) is 1. The number of piperidine rings is 1. The van der Waals surface area contributed by atoms with Gasteiger partial charge < -0.3 is 15.4 Å². The molecule has 2 N–H and O–H groups in total. The van der Waals surface area contributed by atoms with Crippen molar-refractivity contribution in [2.45, 2.75) is 51.5 Å². The molecule has 0 bridgehead atoms. The summed E-state index contributed by atoms with van der Waals surface area (Å²) in [6.07, 6.45) is 0.514. The molecular weight excluding hydrogens is 442 g/mol. The summed E-state index contributed by atoms with van der Waals surface area (Å²) in [6.45, 7) is 7.63. The van der Waals surface area contributed by atoms with Gasteiger partial charge in [0.25, 0.3) is 5.91 Å². The highest BCUT2D eigenvalue weighted by Gasteiger charge is 2.35. The van der Waals surface area contributed by atoms with Gasteiger partial charge in [-0.15, -0.1) is 0 Å². The van der Waals surface area contributed by atoms with Crippen LogP contribution in [0.15, 0.2) is 35.2 Å². The van der Waals surface area contributed by atoms with Crippen molar-refractivity contribution in [1.29, 1.82) is 0 Å². The van der Waals surface area contributed by atoms with E-state index in [-0.39, 0.29) is 23.3 Å². The van der Waals surface area contributed by atoms with Crippen LogP contribution in [0.2, 0.25) is 0 Å². The van der Waals surface area contributed by atoms with Crippen LogP contribution in [-0.4, -0.2) is 43.7 Å². The van der Waals surface area contributed by atoms with Crippen LogP contribution < -0.4 is 15.4 Å². The Hall–Kier alpha value is -2.91. The zero-order chi connectivity index (χ0) is 23.9. The number of nitrogens with zero attached hydrogens (tertiary/aromatic N) is 1. The van der Waals surface area contributed by atoms with Gasteiger partial charge in [-0.2, -0.15) is 4.31 Å². The number of rotatable bonds is 4. The largest absolute Gasteiger partial charge is 0.479 e. The Bertz CT molecular complexity index is 1200. The van der Waals surface area contributed by atoms with Gasteiger partial charge in [0.15, 0.2) is 6.10 Å². The summed E-state index contributed by atoms with van der Waals surface area (Å²) in [5.41, 5.74) is 3.68.